The third-order valence-electron chi connectivity index (χ3n) is 4.39. The number of hydrogen-bond donors (Lipinski definition) is 0. The van der Waals surface area contributed by atoms with Gasteiger partial charge < -0.3 is 4.57 Å². The number of amides is 1. The second kappa shape index (κ2) is 8.84. The van der Waals surface area contributed by atoms with E-state index in [0.29, 0.717) is 16.0 Å². The van der Waals surface area contributed by atoms with Crippen LogP contribution in [0.5, 0.6) is 0 Å². The molecular weight excluding hydrogens is 433 g/mol. The lowest BCUT2D eigenvalue weighted by Crippen LogP contribution is -2.16. The monoisotopic (exact) mass is 451 g/mol. The van der Waals surface area contributed by atoms with E-state index in [2.05, 4.69) is 4.99 Å². The number of carbonyl (C=O) groups is 1. The van der Waals surface area contributed by atoms with Gasteiger partial charge in [-0.15, -0.1) is 0 Å². The van der Waals surface area contributed by atoms with Crippen molar-refractivity contribution in [2.24, 2.45) is 4.99 Å². The zero-order valence-corrected chi connectivity index (χ0v) is 17.6. The molecule has 0 aliphatic rings. The Morgan fingerprint density at radius 3 is 2.57 bits per heavy atom. The number of carbonyl (C=O) groups excluding carboxylic acids is 1. The van der Waals surface area contributed by atoms with E-state index in [-0.39, 0.29) is 29.2 Å². The predicted octanol–water partition coefficient (Wildman–Crippen LogP) is 3.45. The minimum Gasteiger partial charge on any atom is -0.317 e. The molecule has 3 rings (SSSR count). The molecule has 8 nitrogen and oxygen atoms in total. The van der Waals surface area contributed by atoms with Crippen LogP contribution in [-0.4, -0.2) is 29.6 Å². The van der Waals surface area contributed by atoms with E-state index >= 15 is 0 Å². The highest BCUT2D eigenvalue weighted by atomic mass is 32.2. The van der Waals surface area contributed by atoms with Gasteiger partial charge in [-0.2, -0.15) is 4.99 Å². The van der Waals surface area contributed by atoms with Crippen LogP contribution < -0.4 is 4.80 Å². The first kappa shape index (κ1) is 21.8. The van der Waals surface area contributed by atoms with Gasteiger partial charge in [0.2, 0.25) is 5.91 Å². The Hall–Kier alpha value is -2.92. The topological polar surface area (TPSA) is 112 Å². The molecule has 3 aromatic rings. The summed E-state index contributed by atoms with van der Waals surface area (Å²) in [6.07, 6.45) is 0.00304. The number of thiazole rings is 1. The number of benzene rings is 2. The van der Waals surface area contributed by atoms with Crippen LogP contribution in [0.3, 0.4) is 0 Å². The molecule has 0 aliphatic heterocycles. The van der Waals surface area contributed by atoms with Gasteiger partial charge in [0.05, 0.1) is 25.8 Å². The van der Waals surface area contributed by atoms with Gasteiger partial charge >= 0.3 is 0 Å². The number of nitro benzene ring substituents is 1. The molecule has 0 saturated heterocycles. The lowest BCUT2D eigenvalue weighted by molar-refractivity contribution is -0.384. The fourth-order valence-corrected chi connectivity index (χ4v) is 5.36. The Balaban J connectivity index is 1.75. The van der Waals surface area contributed by atoms with E-state index < -0.39 is 26.5 Å². The molecule has 0 bridgehead atoms. The predicted molar refractivity (Wildman–Crippen MR) is 110 cm³/mol. The van der Waals surface area contributed by atoms with E-state index in [1.165, 1.54) is 24.3 Å². The number of aryl methyl sites for hydroxylation is 1. The van der Waals surface area contributed by atoms with Gasteiger partial charge in [-0.1, -0.05) is 11.3 Å². The Bertz CT molecular complexity index is 1280. The van der Waals surface area contributed by atoms with Gasteiger partial charge in [-0.25, -0.2) is 12.8 Å². The normalized spacial score (nSPS) is 12.4. The molecule has 0 radical (unpaired) electrons. The Kier molecular flexibility index (Phi) is 6.42. The highest BCUT2D eigenvalue weighted by Crippen LogP contribution is 2.23. The largest absolute Gasteiger partial charge is 0.317 e. The molecule has 0 aliphatic carbocycles. The maximum Gasteiger partial charge on any atom is 0.270 e. The highest BCUT2D eigenvalue weighted by molar-refractivity contribution is 7.91. The summed E-state index contributed by atoms with van der Waals surface area (Å²) in [5.74, 6) is -1.26. The molecule has 1 aromatic heterocycles. The number of rotatable bonds is 7. The molecular formula is C19H18FN3O5S2. The zero-order valence-electron chi connectivity index (χ0n) is 15.9. The van der Waals surface area contributed by atoms with Gasteiger partial charge in [-0.3, -0.25) is 14.9 Å². The second-order valence-electron chi connectivity index (χ2n) is 6.42. The number of sulfone groups is 1. The summed E-state index contributed by atoms with van der Waals surface area (Å²) in [7, 11) is -3.62. The van der Waals surface area contributed by atoms with Gasteiger partial charge in [0.1, 0.15) is 5.82 Å². The summed E-state index contributed by atoms with van der Waals surface area (Å²) in [4.78, 5) is 27.2. The van der Waals surface area contributed by atoms with E-state index in [1.54, 1.807) is 10.6 Å². The van der Waals surface area contributed by atoms with E-state index in [9.17, 15) is 27.7 Å². The van der Waals surface area contributed by atoms with E-state index in [0.717, 1.165) is 29.0 Å². The standard InChI is InChI=1S/C19H18FN3O5S2/c1-2-22-16-10-7-14(23(25)26)12-17(16)29-19(22)21-18(24)4-3-11-30(27,28)15-8-5-13(20)6-9-15/h5-10,12H,2-4,11H2,1H3. The summed E-state index contributed by atoms with van der Waals surface area (Å²) in [6, 6.07) is 8.98. The summed E-state index contributed by atoms with van der Waals surface area (Å²) in [5, 5.41) is 11.0. The van der Waals surface area contributed by atoms with Crippen molar-refractivity contribution >= 4 is 43.0 Å². The van der Waals surface area contributed by atoms with Crippen LogP contribution in [0.1, 0.15) is 19.8 Å². The third kappa shape index (κ3) is 4.79. The van der Waals surface area contributed by atoms with Gasteiger partial charge in [-0.05, 0) is 43.7 Å². The van der Waals surface area contributed by atoms with Crippen LogP contribution in [0.25, 0.3) is 10.2 Å². The quantitative estimate of drug-likeness (QED) is 0.310. The number of non-ortho nitro benzene ring substituents is 1. The van der Waals surface area contributed by atoms with Crippen molar-refractivity contribution in [3.8, 4) is 0 Å². The van der Waals surface area contributed by atoms with Crippen molar-refractivity contribution < 1.29 is 22.5 Å². The lowest BCUT2D eigenvalue weighted by Gasteiger charge is -2.03. The number of nitrogens with zero attached hydrogens (tertiary/aromatic N) is 3. The van der Waals surface area contributed by atoms with Crippen molar-refractivity contribution in [1.82, 2.24) is 4.57 Å². The summed E-state index contributed by atoms with van der Waals surface area (Å²) in [5.41, 5.74) is 0.689. The maximum atomic E-state index is 13.0. The van der Waals surface area contributed by atoms with Crippen molar-refractivity contribution in [3.05, 3.63) is 63.2 Å². The van der Waals surface area contributed by atoms with Crippen LogP contribution >= 0.6 is 11.3 Å². The Morgan fingerprint density at radius 1 is 1.23 bits per heavy atom. The summed E-state index contributed by atoms with van der Waals surface area (Å²) < 4.78 is 39.9. The number of halogens is 1. The molecule has 30 heavy (non-hydrogen) atoms. The van der Waals surface area contributed by atoms with Gasteiger partial charge in [0.15, 0.2) is 14.6 Å². The summed E-state index contributed by atoms with van der Waals surface area (Å²) in [6.45, 7) is 2.38. The zero-order chi connectivity index (χ0) is 21.9. The van der Waals surface area contributed by atoms with Crippen molar-refractivity contribution in [1.29, 1.82) is 0 Å². The second-order valence-corrected chi connectivity index (χ2v) is 9.54. The average molecular weight is 452 g/mol. The molecule has 11 heteroatoms. The first-order chi connectivity index (χ1) is 14.2. The molecule has 158 valence electrons. The third-order valence-corrected chi connectivity index (χ3v) is 7.25. The first-order valence-electron chi connectivity index (χ1n) is 9.05. The van der Waals surface area contributed by atoms with E-state index in [1.807, 2.05) is 6.92 Å². The first-order valence-corrected chi connectivity index (χ1v) is 11.5. The molecule has 0 N–H and O–H groups in total. The van der Waals surface area contributed by atoms with Crippen LogP contribution in [0.2, 0.25) is 0 Å². The Morgan fingerprint density at radius 2 is 1.93 bits per heavy atom. The van der Waals surface area contributed by atoms with Crippen LogP contribution in [0, 0.1) is 15.9 Å². The van der Waals surface area contributed by atoms with Crippen molar-refractivity contribution in [2.75, 3.05) is 5.75 Å². The van der Waals surface area contributed by atoms with Gasteiger partial charge in [0.25, 0.3) is 5.69 Å². The Labute approximate surface area is 175 Å². The molecule has 1 heterocycles. The highest BCUT2D eigenvalue weighted by Gasteiger charge is 2.16. The molecule has 0 atom stereocenters. The molecule has 0 saturated carbocycles. The number of hydrogen-bond acceptors (Lipinski definition) is 6. The molecule has 0 spiro atoms. The molecule has 0 fully saturated rings. The number of fused-ring (bicyclic) bond motifs is 1. The fourth-order valence-electron chi connectivity index (χ4n) is 2.90. The number of aromatic nitrogens is 1. The number of nitro groups is 1. The van der Waals surface area contributed by atoms with E-state index in [4.69, 9.17) is 0 Å². The molecule has 0 unspecified atom stereocenters. The molecule has 1 amide bonds. The van der Waals surface area contributed by atoms with Crippen molar-refractivity contribution in [3.63, 3.8) is 0 Å². The summed E-state index contributed by atoms with van der Waals surface area (Å²) >= 11 is 1.16. The maximum absolute atomic E-state index is 13.0. The fraction of sp³-hybridized carbons (Fsp3) is 0.263. The van der Waals surface area contributed by atoms with Crippen LogP contribution in [0.15, 0.2) is 52.4 Å². The lowest BCUT2D eigenvalue weighted by atomic mass is 10.3. The average Bonchev–Trinajstić information content (AvgIpc) is 3.03. The molecule has 2 aromatic carbocycles. The SMILES string of the molecule is CCn1c(=NC(=O)CCCS(=O)(=O)c2ccc(F)cc2)sc2cc([N+](=O)[O-])ccc21. The van der Waals surface area contributed by atoms with Gasteiger partial charge in [0, 0.05) is 25.1 Å². The van der Waals surface area contributed by atoms with Crippen LogP contribution in [0.4, 0.5) is 10.1 Å². The van der Waals surface area contributed by atoms with Crippen LogP contribution in [-0.2, 0) is 21.2 Å². The van der Waals surface area contributed by atoms with Crippen molar-refractivity contribution in [2.45, 2.75) is 31.2 Å². The minimum atomic E-state index is -3.62. The smallest absolute Gasteiger partial charge is 0.270 e. The minimum absolute atomic E-state index is 0.00298.